The minimum Gasteiger partial charge on any atom is -0.463 e. The number of ether oxygens (including phenoxy) is 2. The number of aliphatic hydroxyl groups is 1. The van der Waals surface area contributed by atoms with E-state index in [1.54, 1.807) is 6.92 Å². The van der Waals surface area contributed by atoms with Crippen molar-refractivity contribution in [2.75, 3.05) is 6.61 Å². The first-order chi connectivity index (χ1) is 10.1. The minimum absolute atomic E-state index is 0.0519. The molecule has 1 fully saturated rings. The van der Waals surface area contributed by atoms with Gasteiger partial charge < -0.3 is 14.6 Å². The number of rotatable bonds is 13. The van der Waals surface area contributed by atoms with Crippen LogP contribution in [0.25, 0.3) is 0 Å². The number of carbonyl (C=O) groups is 1. The Labute approximate surface area is 129 Å². The predicted molar refractivity (Wildman–Crippen MR) is 83.1 cm³/mol. The Balaban J connectivity index is 1.87. The van der Waals surface area contributed by atoms with Gasteiger partial charge in [-0.15, -0.1) is 0 Å². The smallest absolute Gasteiger partial charge is 0.308 e. The van der Waals surface area contributed by atoms with Gasteiger partial charge in [-0.2, -0.15) is 0 Å². The fourth-order valence-electron chi connectivity index (χ4n) is 2.53. The van der Waals surface area contributed by atoms with Crippen molar-refractivity contribution in [2.24, 2.45) is 0 Å². The molecular formula is C17H32O4. The van der Waals surface area contributed by atoms with Gasteiger partial charge in [-0.25, -0.2) is 0 Å². The third kappa shape index (κ3) is 9.86. The van der Waals surface area contributed by atoms with Gasteiger partial charge in [0.2, 0.25) is 0 Å². The van der Waals surface area contributed by atoms with Gasteiger partial charge >= 0.3 is 5.97 Å². The number of epoxide rings is 1. The molecule has 0 radical (unpaired) electrons. The Morgan fingerprint density at radius 1 is 1.10 bits per heavy atom. The van der Waals surface area contributed by atoms with Crippen molar-refractivity contribution < 1.29 is 19.4 Å². The SMILES string of the molecule is CCCCCCCCCCC1OC1CC(=O)OCC(C)O. The molecule has 3 unspecified atom stereocenters. The Kier molecular flexibility index (Phi) is 9.68. The number of aliphatic hydroxyl groups excluding tert-OH is 1. The Morgan fingerprint density at radius 3 is 2.33 bits per heavy atom. The highest BCUT2D eigenvalue weighted by atomic mass is 16.6. The van der Waals surface area contributed by atoms with Gasteiger partial charge in [0.25, 0.3) is 0 Å². The van der Waals surface area contributed by atoms with Crippen LogP contribution >= 0.6 is 0 Å². The average Bonchev–Trinajstić information content (AvgIpc) is 3.17. The van der Waals surface area contributed by atoms with Gasteiger partial charge in [-0.1, -0.05) is 58.3 Å². The van der Waals surface area contributed by atoms with Crippen LogP contribution in [0.4, 0.5) is 0 Å². The first-order valence-electron chi connectivity index (χ1n) is 8.62. The van der Waals surface area contributed by atoms with Crippen LogP contribution in [0.2, 0.25) is 0 Å². The lowest BCUT2D eigenvalue weighted by molar-refractivity contribution is -0.146. The van der Waals surface area contributed by atoms with E-state index in [9.17, 15) is 4.79 Å². The molecule has 0 saturated carbocycles. The van der Waals surface area contributed by atoms with E-state index in [1.165, 1.54) is 51.4 Å². The fraction of sp³-hybridized carbons (Fsp3) is 0.941. The van der Waals surface area contributed by atoms with E-state index in [-0.39, 0.29) is 24.8 Å². The summed E-state index contributed by atoms with van der Waals surface area (Å²) in [5.41, 5.74) is 0. The summed E-state index contributed by atoms with van der Waals surface area (Å²) in [6, 6.07) is 0. The molecule has 0 aromatic heterocycles. The highest BCUT2D eigenvalue weighted by molar-refractivity contribution is 5.70. The molecule has 1 heterocycles. The summed E-state index contributed by atoms with van der Waals surface area (Å²) < 4.78 is 10.4. The largest absolute Gasteiger partial charge is 0.463 e. The molecule has 0 bridgehead atoms. The summed E-state index contributed by atoms with van der Waals surface area (Å²) in [5.74, 6) is -0.265. The van der Waals surface area contributed by atoms with E-state index < -0.39 is 6.10 Å². The molecule has 1 aliphatic heterocycles. The number of hydrogen-bond donors (Lipinski definition) is 1. The van der Waals surface area contributed by atoms with Crippen LogP contribution < -0.4 is 0 Å². The average molecular weight is 300 g/mol. The Bertz CT molecular complexity index is 278. The summed E-state index contributed by atoms with van der Waals surface area (Å²) in [5, 5.41) is 9.03. The van der Waals surface area contributed by atoms with E-state index in [0.29, 0.717) is 6.42 Å². The van der Waals surface area contributed by atoms with Gasteiger partial charge in [0.05, 0.1) is 24.7 Å². The summed E-state index contributed by atoms with van der Waals surface area (Å²) in [4.78, 5) is 11.4. The Morgan fingerprint density at radius 2 is 1.71 bits per heavy atom. The minimum atomic E-state index is -0.595. The second-order valence-electron chi connectivity index (χ2n) is 6.21. The van der Waals surface area contributed by atoms with E-state index in [2.05, 4.69) is 6.92 Å². The second-order valence-corrected chi connectivity index (χ2v) is 6.21. The molecule has 1 N–H and O–H groups in total. The van der Waals surface area contributed by atoms with Crippen LogP contribution in [0.15, 0.2) is 0 Å². The van der Waals surface area contributed by atoms with Crippen LogP contribution in [-0.4, -0.2) is 36.0 Å². The highest BCUT2D eigenvalue weighted by Gasteiger charge is 2.39. The quantitative estimate of drug-likeness (QED) is 0.321. The van der Waals surface area contributed by atoms with Crippen LogP contribution in [0.5, 0.6) is 0 Å². The van der Waals surface area contributed by atoms with Crippen molar-refractivity contribution in [3.63, 3.8) is 0 Å². The van der Waals surface area contributed by atoms with Crippen molar-refractivity contribution in [1.82, 2.24) is 0 Å². The van der Waals surface area contributed by atoms with Crippen LogP contribution in [0.3, 0.4) is 0 Å². The molecule has 4 heteroatoms. The Hall–Kier alpha value is -0.610. The molecule has 0 spiro atoms. The van der Waals surface area contributed by atoms with Crippen molar-refractivity contribution in [3.8, 4) is 0 Å². The highest BCUT2D eigenvalue weighted by Crippen LogP contribution is 2.30. The zero-order valence-electron chi connectivity index (χ0n) is 13.7. The topological polar surface area (TPSA) is 59.1 Å². The van der Waals surface area contributed by atoms with E-state index in [1.807, 2.05) is 0 Å². The lowest BCUT2D eigenvalue weighted by Gasteiger charge is -2.05. The molecule has 21 heavy (non-hydrogen) atoms. The van der Waals surface area contributed by atoms with E-state index >= 15 is 0 Å². The second kappa shape index (κ2) is 11.0. The van der Waals surface area contributed by atoms with Crippen molar-refractivity contribution in [3.05, 3.63) is 0 Å². The van der Waals surface area contributed by atoms with Gasteiger partial charge in [-0.3, -0.25) is 4.79 Å². The maximum Gasteiger partial charge on any atom is 0.308 e. The lowest BCUT2D eigenvalue weighted by atomic mass is 10.1. The molecular weight excluding hydrogens is 268 g/mol. The number of unbranched alkanes of at least 4 members (excludes halogenated alkanes) is 7. The number of esters is 1. The molecule has 1 rings (SSSR count). The standard InChI is InChI=1S/C17H32O4/c1-3-4-5-6-7-8-9-10-11-15-16(21-15)12-17(19)20-13-14(2)18/h14-16,18H,3-13H2,1-2H3. The third-order valence-corrected chi connectivity index (χ3v) is 3.88. The molecule has 0 aliphatic carbocycles. The predicted octanol–water partition coefficient (Wildman–Crippen LogP) is 3.60. The van der Waals surface area contributed by atoms with E-state index in [4.69, 9.17) is 14.6 Å². The molecule has 0 amide bonds. The van der Waals surface area contributed by atoms with Crippen LogP contribution in [0.1, 0.15) is 78.1 Å². The zero-order valence-corrected chi connectivity index (χ0v) is 13.7. The number of carbonyl (C=O) groups excluding carboxylic acids is 1. The van der Waals surface area contributed by atoms with Gasteiger partial charge in [0, 0.05) is 0 Å². The maximum absolute atomic E-state index is 11.4. The van der Waals surface area contributed by atoms with Gasteiger partial charge in [-0.05, 0) is 13.3 Å². The van der Waals surface area contributed by atoms with Crippen molar-refractivity contribution in [2.45, 2.75) is 96.4 Å². The fourth-order valence-corrected chi connectivity index (χ4v) is 2.53. The lowest BCUT2D eigenvalue weighted by Crippen LogP contribution is -2.16. The first kappa shape index (κ1) is 18.4. The molecule has 0 aromatic carbocycles. The van der Waals surface area contributed by atoms with Gasteiger partial charge in [0.15, 0.2) is 0 Å². The van der Waals surface area contributed by atoms with Crippen molar-refractivity contribution >= 4 is 5.97 Å². The molecule has 0 aromatic rings. The molecule has 1 saturated heterocycles. The normalized spacial score (nSPS) is 22.0. The van der Waals surface area contributed by atoms with Crippen LogP contribution in [-0.2, 0) is 14.3 Å². The summed E-state index contributed by atoms with van der Waals surface area (Å²) in [6.45, 7) is 3.92. The van der Waals surface area contributed by atoms with Crippen LogP contribution in [0, 0.1) is 0 Å². The maximum atomic E-state index is 11.4. The zero-order chi connectivity index (χ0) is 15.5. The summed E-state index contributed by atoms with van der Waals surface area (Å²) in [7, 11) is 0. The summed E-state index contributed by atoms with van der Waals surface area (Å²) >= 11 is 0. The third-order valence-electron chi connectivity index (χ3n) is 3.88. The van der Waals surface area contributed by atoms with Gasteiger partial charge in [0.1, 0.15) is 6.61 Å². The monoisotopic (exact) mass is 300 g/mol. The molecule has 3 atom stereocenters. The first-order valence-corrected chi connectivity index (χ1v) is 8.62. The molecule has 124 valence electrons. The van der Waals surface area contributed by atoms with Crippen molar-refractivity contribution in [1.29, 1.82) is 0 Å². The molecule has 4 nitrogen and oxygen atoms in total. The molecule has 1 aliphatic rings. The summed E-state index contributed by atoms with van der Waals surface area (Å²) in [6.07, 6.45) is 11.6. The van der Waals surface area contributed by atoms with E-state index in [0.717, 1.165) is 6.42 Å². The number of hydrogen-bond acceptors (Lipinski definition) is 4.